The molecule has 3 N–H and O–H groups in total. The van der Waals surface area contributed by atoms with Crippen LogP contribution in [0, 0.1) is 0 Å². The standard InChI is InChI=1S/C27H39N3O4/c1-4-33-26(34-5-2)20-30(19-18-22-12-7-6-8-13-22)25(31)17-11-15-23-14-9-10-16-24(23)29-27(32)21(3)28/h6-10,12-14,16,21,26H,4-5,11,15,17-20,28H2,1-3H3,(H,29,32). The predicted octanol–water partition coefficient (Wildman–Crippen LogP) is 3.77. The Balaban J connectivity index is 2.00. The molecule has 0 saturated carbocycles. The highest BCUT2D eigenvalue weighted by molar-refractivity contribution is 5.95. The van der Waals surface area contributed by atoms with Crippen LogP contribution in [-0.2, 0) is 31.9 Å². The summed E-state index contributed by atoms with van der Waals surface area (Å²) in [6.45, 7) is 7.53. The van der Waals surface area contributed by atoms with E-state index in [1.54, 1.807) is 6.92 Å². The number of anilines is 1. The molecule has 34 heavy (non-hydrogen) atoms. The van der Waals surface area contributed by atoms with Crippen molar-refractivity contribution < 1.29 is 19.1 Å². The number of aryl methyl sites for hydroxylation is 1. The smallest absolute Gasteiger partial charge is 0.241 e. The summed E-state index contributed by atoms with van der Waals surface area (Å²) in [5, 5.41) is 2.87. The van der Waals surface area contributed by atoms with Crippen LogP contribution < -0.4 is 11.1 Å². The van der Waals surface area contributed by atoms with E-state index in [1.807, 2.05) is 61.2 Å². The third-order valence-corrected chi connectivity index (χ3v) is 5.47. The molecule has 2 aromatic rings. The van der Waals surface area contributed by atoms with Crippen LogP contribution in [0.3, 0.4) is 0 Å². The van der Waals surface area contributed by atoms with Crippen LogP contribution in [-0.4, -0.2) is 55.3 Å². The van der Waals surface area contributed by atoms with E-state index in [4.69, 9.17) is 15.2 Å². The Bertz CT molecular complexity index is 867. The Hall–Kier alpha value is -2.74. The van der Waals surface area contributed by atoms with Crippen molar-refractivity contribution in [2.75, 3.05) is 31.6 Å². The molecule has 0 spiro atoms. The van der Waals surface area contributed by atoms with Crippen LogP contribution in [0.4, 0.5) is 5.69 Å². The Morgan fingerprint density at radius 1 is 0.971 bits per heavy atom. The lowest BCUT2D eigenvalue weighted by molar-refractivity contribution is -0.158. The molecule has 1 atom stereocenters. The number of carbonyl (C=O) groups excluding carboxylic acids is 2. The van der Waals surface area contributed by atoms with Gasteiger partial charge < -0.3 is 25.4 Å². The van der Waals surface area contributed by atoms with Crippen molar-refractivity contribution in [3.05, 3.63) is 65.7 Å². The highest BCUT2D eigenvalue weighted by atomic mass is 16.7. The first-order chi connectivity index (χ1) is 16.4. The van der Waals surface area contributed by atoms with Crippen LogP contribution in [0.1, 0.15) is 44.7 Å². The number of hydrogen-bond acceptors (Lipinski definition) is 5. The number of nitrogens with one attached hydrogen (secondary N) is 1. The zero-order chi connectivity index (χ0) is 24.8. The summed E-state index contributed by atoms with van der Waals surface area (Å²) < 4.78 is 11.4. The normalized spacial score (nSPS) is 11.9. The number of hydrogen-bond donors (Lipinski definition) is 2. The molecule has 2 aromatic carbocycles. The summed E-state index contributed by atoms with van der Waals surface area (Å²) in [7, 11) is 0. The molecule has 7 heteroatoms. The Morgan fingerprint density at radius 3 is 2.26 bits per heavy atom. The highest BCUT2D eigenvalue weighted by Gasteiger charge is 2.20. The molecule has 0 bridgehead atoms. The number of benzene rings is 2. The SMILES string of the molecule is CCOC(CN(CCc1ccccc1)C(=O)CCCc1ccccc1NC(=O)C(C)N)OCC. The van der Waals surface area contributed by atoms with E-state index in [9.17, 15) is 9.59 Å². The summed E-state index contributed by atoms with van der Waals surface area (Å²) in [4.78, 5) is 27.0. The molecular weight excluding hydrogens is 430 g/mol. The number of nitrogens with zero attached hydrogens (tertiary/aromatic N) is 1. The first kappa shape index (κ1) is 27.5. The summed E-state index contributed by atoms with van der Waals surface area (Å²) >= 11 is 0. The molecule has 7 nitrogen and oxygen atoms in total. The van der Waals surface area contributed by atoms with Crippen molar-refractivity contribution in [3.8, 4) is 0 Å². The second kappa shape index (κ2) is 15.2. The lowest BCUT2D eigenvalue weighted by Crippen LogP contribution is -2.41. The van der Waals surface area contributed by atoms with Gasteiger partial charge in [-0.2, -0.15) is 0 Å². The van der Waals surface area contributed by atoms with Gasteiger partial charge in [0, 0.05) is 31.9 Å². The molecule has 0 aliphatic rings. The quantitative estimate of drug-likeness (QED) is 0.387. The van der Waals surface area contributed by atoms with E-state index >= 15 is 0 Å². The third-order valence-electron chi connectivity index (χ3n) is 5.47. The number of carbonyl (C=O) groups is 2. The van der Waals surface area contributed by atoms with Gasteiger partial charge in [-0.05, 0) is 57.2 Å². The molecule has 186 valence electrons. The Kier molecular flexibility index (Phi) is 12.3. The van der Waals surface area contributed by atoms with Gasteiger partial charge in [-0.25, -0.2) is 0 Å². The van der Waals surface area contributed by atoms with Crippen molar-refractivity contribution >= 4 is 17.5 Å². The first-order valence-electron chi connectivity index (χ1n) is 12.1. The van der Waals surface area contributed by atoms with Crippen molar-refractivity contribution in [1.82, 2.24) is 4.90 Å². The maximum Gasteiger partial charge on any atom is 0.241 e. The second-order valence-corrected chi connectivity index (χ2v) is 8.20. The van der Waals surface area contributed by atoms with Crippen molar-refractivity contribution in [2.24, 2.45) is 5.73 Å². The Morgan fingerprint density at radius 2 is 1.62 bits per heavy atom. The van der Waals surface area contributed by atoms with Gasteiger partial charge in [0.15, 0.2) is 6.29 Å². The van der Waals surface area contributed by atoms with Crippen LogP contribution in [0.2, 0.25) is 0 Å². The maximum absolute atomic E-state index is 13.2. The van der Waals surface area contributed by atoms with Crippen LogP contribution in [0.15, 0.2) is 54.6 Å². The van der Waals surface area contributed by atoms with Crippen LogP contribution >= 0.6 is 0 Å². The maximum atomic E-state index is 13.2. The summed E-state index contributed by atoms with van der Waals surface area (Å²) in [6.07, 6.45) is 2.07. The third kappa shape index (κ3) is 9.63. The summed E-state index contributed by atoms with van der Waals surface area (Å²) in [6, 6.07) is 17.2. The van der Waals surface area contributed by atoms with Crippen LogP contribution in [0.25, 0.3) is 0 Å². The second-order valence-electron chi connectivity index (χ2n) is 8.20. The molecule has 0 fully saturated rings. The van der Waals surface area contributed by atoms with E-state index in [-0.39, 0.29) is 11.8 Å². The predicted molar refractivity (Wildman–Crippen MR) is 135 cm³/mol. The van der Waals surface area contributed by atoms with E-state index in [2.05, 4.69) is 17.4 Å². The molecule has 0 heterocycles. The van der Waals surface area contributed by atoms with E-state index in [0.717, 1.165) is 17.7 Å². The molecule has 0 radical (unpaired) electrons. The minimum atomic E-state index is -0.587. The molecule has 0 aliphatic heterocycles. The molecular formula is C27H39N3O4. The minimum absolute atomic E-state index is 0.0671. The lowest BCUT2D eigenvalue weighted by atomic mass is 10.0. The zero-order valence-corrected chi connectivity index (χ0v) is 20.7. The van der Waals surface area contributed by atoms with Gasteiger partial charge in [-0.1, -0.05) is 48.5 Å². The van der Waals surface area contributed by atoms with Gasteiger partial charge in [0.05, 0.1) is 12.6 Å². The van der Waals surface area contributed by atoms with Gasteiger partial charge in [-0.3, -0.25) is 9.59 Å². The van der Waals surface area contributed by atoms with Crippen molar-refractivity contribution in [3.63, 3.8) is 0 Å². The van der Waals surface area contributed by atoms with Gasteiger partial charge >= 0.3 is 0 Å². The van der Waals surface area contributed by atoms with Gasteiger partial charge in [0.1, 0.15) is 0 Å². The van der Waals surface area contributed by atoms with Gasteiger partial charge in [0.25, 0.3) is 0 Å². The average molecular weight is 470 g/mol. The topological polar surface area (TPSA) is 93.9 Å². The number of rotatable bonds is 15. The largest absolute Gasteiger partial charge is 0.351 e. The number of nitrogens with two attached hydrogens (primary N) is 1. The van der Waals surface area contributed by atoms with E-state index in [0.29, 0.717) is 45.6 Å². The summed E-state index contributed by atoms with van der Waals surface area (Å²) in [5.41, 5.74) is 8.59. The number of amides is 2. The minimum Gasteiger partial charge on any atom is -0.351 e. The fourth-order valence-corrected chi connectivity index (χ4v) is 3.63. The lowest BCUT2D eigenvalue weighted by Gasteiger charge is -2.27. The van der Waals surface area contributed by atoms with E-state index < -0.39 is 12.3 Å². The molecule has 2 amide bonds. The highest BCUT2D eigenvalue weighted by Crippen LogP contribution is 2.18. The average Bonchev–Trinajstić information content (AvgIpc) is 2.83. The monoisotopic (exact) mass is 469 g/mol. The first-order valence-corrected chi connectivity index (χ1v) is 12.1. The van der Waals surface area contributed by atoms with Crippen molar-refractivity contribution in [1.29, 1.82) is 0 Å². The van der Waals surface area contributed by atoms with E-state index in [1.165, 1.54) is 5.56 Å². The summed E-state index contributed by atoms with van der Waals surface area (Å²) in [5.74, 6) is -0.161. The number of para-hydroxylation sites is 1. The van der Waals surface area contributed by atoms with Crippen LogP contribution in [0.5, 0.6) is 0 Å². The molecule has 0 aromatic heterocycles. The molecule has 2 rings (SSSR count). The van der Waals surface area contributed by atoms with Gasteiger partial charge in [-0.15, -0.1) is 0 Å². The Labute approximate surface area is 203 Å². The fraction of sp³-hybridized carbons (Fsp3) is 0.481. The molecule has 0 saturated heterocycles. The fourth-order valence-electron chi connectivity index (χ4n) is 3.63. The molecule has 0 aliphatic carbocycles. The molecule has 1 unspecified atom stereocenters. The van der Waals surface area contributed by atoms with Crippen molar-refractivity contribution in [2.45, 2.75) is 58.8 Å². The van der Waals surface area contributed by atoms with Gasteiger partial charge in [0.2, 0.25) is 11.8 Å². The zero-order valence-electron chi connectivity index (χ0n) is 20.7. The number of ether oxygens (including phenoxy) is 2.